The van der Waals surface area contributed by atoms with E-state index in [1.807, 2.05) is 0 Å². The van der Waals surface area contributed by atoms with Crippen molar-refractivity contribution in [3.05, 3.63) is 22.1 Å². The molecule has 18 heavy (non-hydrogen) atoms. The number of nitrogens with one attached hydrogen (secondary N) is 1. The molecule has 0 saturated carbocycles. The molecular weight excluding hydrogens is 257 g/mol. The second-order valence-corrected chi connectivity index (χ2v) is 3.33. The number of rotatable bonds is 4. The van der Waals surface area contributed by atoms with Crippen molar-refractivity contribution in [1.82, 2.24) is 14.9 Å². The van der Waals surface area contributed by atoms with E-state index in [0.717, 1.165) is 10.8 Å². The van der Waals surface area contributed by atoms with Gasteiger partial charge in [-0.25, -0.2) is 9.55 Å². The van der Waals surface area contributed by atoms with Gasteiger partial charge in [-0.1, -0.05) is 0 Å². The summed E-state index contributed by atoms with van der Waals surface area (Å²) in [5.74, 6) is -2.14. The predicted octanol–water partition coefficient (Wildman–Crippen LogP) is 0.778. The zero-order chi connectivity index (χ0) is 13.9. The van der Waals surface area contributed by atoms with Gasteiger partial charge in [0.25, 0.3) is 0 Å². The van der Waals surface area contributed by atoms with Gasteiger partial charge >= 0.3 is 17.9 Å². The molecule has 0 atom stereocenters. The molecule has 100 valence electrons. The number of imidazole rings is 1. The van der Waals surface area contributed by atoms with Gasteiger partial charge in [0.1, 0.15) is 12.7 Å². The van der Waals surface area contributed by atoms with Crippen molar-refractivity contribution in [2.24, 2.45) is 0 Å². The number of nitro groups is 1. The van der Waals surface area contributed by atoms with Crippen molar-refractivity contribution in [2.75, 3.05) is 6.54 Å². The van der Waals surface area contributed by atoms with Gasteiger partial charge in [-0.05, 0) is 4.92 Å². The first-order valence-corrected chi connectivity index (χ1v) is 4.75. The van der Waals surface area contributed by atoms with Crippen LogP contribution in [0.15, 0.2) is 6.20 Å². The number of amides is 1. The van der Waals surface area contributed by atoms with Crippen molar-refractivity contribution in [3.63, 3.8) is 0 Å². The zero-order valence-electron chi connectivity index (χ0n) is 9.19. The molecule has 0 fully saturated rings. The van der Waals surface area contributed by atoms with Crippen molar-refractivity contribution in [1.29, 1.82) is 0 Å². The average Bonchev–Trinajstić information content (AvgIpc) is 2.59. The van der Waals surface area contributed by atoms with Gasteiger partial charge in [-0.15, -0.1) is 0 Å². The number of halogens is 3. The summed E-state index contributed by atoms with van der Waals surface area (Å²) in [6.07, 6.45) is -3.96. The molecule has 0 unspecified atom stereocenters. The highest BCUT2D eigenvalue weighted by Gasteiger charge is 2.38. The predicted molar refractivity (Wildman–Crippen MR) is 52.7 cm³/mol. The minimum absolute atomic E-state index is 0.163. The lowest BCUT2D eigenvalue weighted by Gasteiger charge is -2.07. The highest BCUT2D eigenvalue weighted by Crippen LogP contribution is 2.15. The van der Waals surface area contributed by atoms with Crippen LogP contribution in [0.1, 0.15) is 5.82 Å². The van der Waals surface area contributed by atoms with Gasteiger partial charge in [-0.2, -0.15) is 13.2 Å². The van der Waals surface area contributed by atoms with Gasteiger partial charge in [-0.3, -0.25) is 4.79 Å². The summed E-state index contributed by atoms with van der Waals surface area (Å²) >= 11 is 0. The zero-order valence-corrected chi connectivity index (χ0v) is 9.19. The van der Waals surface area contributed by atoms with E-state index in [-0.39, 0.29) is 24.7 Å². The number of aryl methyl sites for hydroxylation is 1. The maximum absolute atomic E-state index is 11.9. The normalized spacial score (nSPS) is 11.3. The topological polar surface area (TPSA) is 90.1 Å². The number of nitrogens with zero attached hydrogens (tertiary/aromatic N) is 3. The van der Waals surface area contributed by atoms with Gasteiger partial charge in [0.2, 0.25) is 0 Å². The Hall–Kier alpha value is -2.13. The minimum atomic E-state index is -4.96. The highest BCUT2D eigenvalue weighted by molar-refractivity contribution is 5.81. The number of carbonyl (C=O) groups excluding carboxylic acids is 1. The molecular formula is C8H9F3N4O3. The van der Waals surface area contributed by atoms with Crippen molar-refractivity contribution < 1.29 is 22.9 Å². The first kappa shape index (κ1) is 13.9. The molecule has 1 rings (SSSR count). The number of alkyl halides is 3. The Labute approximate surface area is 98.8 Å². The number of aromatic nitrogens is 2. The Kier molecular flexibility index (Phi) is 3.89. The van der Waals surface area contributed by atoms with Crippen molar-refractivity contribution in [2.45, 2.75) is 19.6 Å². The molecule has 0 saturated heterocycles. The molecule has 1 heterocycles. The van der Waals surface area contributed by atoms with E-state index < -0.39 is 17.0 Å². The van der Waals surface area contributed by atoms with Crippen LogP contribution in [-0.2, 0) is 11.3 Å². The standard InChI is InChI=1S/C8H9F3N4O3/c1-5-13-4-6(15(17)18)14(5)3-2-12-7(16)8(9,10)11/h4H,2-3H2,1H3,(H,12,16). The largest absolute Gasteiger partial charge is 0.471 e. The summed E-state index contributed by atoms with van der Waals surface area (Å²) < 4.78 is 36.7. The van der Waals surface area contributed by atoms with Crippen LogP contribution in [0.5, 0.6) is 0 Å². The summed E-state index contributed by atoms with van der Waals surface area (Å²) in [6, 6.07) is 0. The molecule has 1 amide bonds. The first-order chi connectivity index (χ1) is 8.23. The first-order valence-electron chi connectivity index (χ1n) is 4.75. The maximum Gasteiger partial charge on any atom is 0.471 e. The fourth-order valence-electron chi connectivity index (χ4n) is 1.26. The van der Waals surface area contributed by atoms with Crippen LogP contribution >= 0.6 is 0 Å². The molecule has 0 aliphatic rings. The summed E-state index contributed by atoms with van der Waals surface area (Å²) in [5, 5.41) is 12.2. The van der Waals surface area contributed by atoms with Gasteiger partial charge in [0.15, 0.2) is 5.82 Å². The van der Waals surface area contributed by atoms with Crippen molar-refractivity contribution in [3.8, 4) is 0 Å². The fraction of sp³-hybridized carbons (Fsp3) is 0.500. The highest BCUT2D eigenvalue weighted by atomic mass is 19.4. The van der Waals surface area contributed by atoms with E-state index in [9.17, 15) is 28.1 Å². The number of hydrogen-bond acceptors (Lipinski definition) is 4. The Bertz CT molecular complexity index is 469. The van der Waals surface area contributed by atoms with E-state index in [0.29, 0.717) is 0 Å². The molecule has 1 aromatic heterocycles. The average molecular weight is 266 g/mol. The number of carbonyl (C=O) groups is 1. The molecule has 10 heteroatoms. The molecule has 0 aliphatic heterocycles. The second-order valence-electron chi connectivity index (χ2n) is 3.33. The molecule has 0 radical (unpaired) electrons. The summed E-state index contributed by atoms with van der Waals surface area (Å²) in [6.45, 7) is 0.929. The third-order valence-electron chi connectivity index (χ3n) is 2.10. The third-order valence-corrected chi connectivity index (χ3v) is 2.10. The van der Waals surface area contributed by atoms with E-state index in [1.165, 1.54) is 6.92 Å². The van der Waals surface area contributed by atoms with Gasteiger partial charge in [0.05, 0.1) is 6.54 Å². The third kappa shape index (κ3) is 3.18. The Balaban J connectivity index is 2.62. The van der Waals surface area contributed by atoms with Crippen LogP contribution in [-0.4, -0.2) is 33.1 Å². The molecule has 1 N–H and O–H groups in total. The summed E-state index contributed by atoms with van der Waals surface area (Å²) in [4.78, 5) is 24.0. The maximum atomic E-state index is 11.9. The lowest BCUT2D eigenvalue weighted by molar-refractivity contribution is -0.392. The van der Waals surface area contributed by atoms with E-state index in [2.05, 4.69) is 4.98 Å². The van der Waals surface area contributed by atoms with E-state index in [1.54, 1.807) is 5.32 Å². The Morgan fingerprint density at radius 3 is 2.72 bits per heavy atom. The van der Waals surface area contributed by atoms with Crippen LogP contribution in [0.3, 0.4) is 0 Å². The molecule has 0 spiro atoms. The molecule has 0 aromatic carbocycles. The smallest absolute Gasteiger partial charge is 0.358 e. The van der Waals surface area contributed by atoms with Crippen LogP contribution in [0, 0.1) is 17.0 Å². The molecule has 7 nitrogen and oxygen atoms in total. The van der Waals surface area contributed by atoms with Crippen LogP contribution in [0.4, 0.5) is 19.0 Å². The molecule has 0 aliphatic carbocycles. The van der Waals surface area contributed by atoms with Crippen LogP contribution < -0.4 is 5.32 Å². The Morgan fingerprint density at radius 1 is 1.61 bits per heavy atom. The lowest BCUT2D eigenvalue weighted by atomic mass is 10.5. The van der Waals surface area contributed by atoms with E-state index in [4.69, 9.17) is 0 Å². The lowest BCUT2D eigenvalue weighted by Crippen LogP contribution is -2.38. The SMILES string of the molecule is Cc1ncc([N+](=O)[O-])n1CCNC(=O)C(F)(F)F. The fourth-order valence-corrected chi connectivity index (χ4v) is 1.26. The van der Waals surface area contributed by atoms with Gasteiger partial charge < -0.3 is 15.4 Å². The number of hydrogen-bond donors (Lipinski definition) is 1. The second kappa shape index (κ2) is 5.02. The molecule has 0 bridgehead atoms. The minimum Gasteiger partial charge on any atom is -0.358 e. The van der Waals surface area contributed by atoms with E-state index >= 15 is 0 Å². The summed E-state index contributed by atoms with van der Waals surface area (Å²) in [5.41, 5.74) is 0. The van der Waals surface area contributed by atoms with Crippen LogP contribution in [0.2, 0.25) is 0 Å². The van der Waals surface area contributed by atoms with Gasteiger partial charge in [0, 0.05) is 6.92 Å². The van der Waals surface area contributed by atoms with Crippen LogP contribution in [0.25, 0.3) is 0 Å². The summed E-state index contributed by atoms with van der Waals surface area (Å²) in [7, 11) is 0. The van der Waals surface area contributed by atoms with Crippen molar-refractivity contribution >= 4 is 11.7 Å². The Morgan fingerprint density at radius 2 is 2.22 bits per heavy atom. The quantitative estimate of drug-likeness (QED) is 0.644. The monoisotopic (exact) mass is 266 g/mol. The molecule has 1 aromatic rings.